The Morgan fingerprint density at radius 1 is 1.31 bits per heavy atom. The van der Waals surface area contributed by atoms with Crippen molar-refractivity contribution in [1.82, 2.24) is 5.32 Å². The summed E-state index contributed by atoms with van der Waals surface area (Å²) in [7, 11) is 0. The van der Waals surface area contributed by atoms with Gasteiger partial charge in [-0.2, -0.15) is 0 Å². The summed E-state index contributed by atoms with van der Waals surface area (Å²) >= 11 is 0. The van der Waals surface area contributed by atoms with E-state index in [1.165, 1.54) is 44.3 Å². The molecule has 16 heavy (non-hydrogen) atoms. The van der Waals surface area contributed by atoms with Gasteiger partial charge in [0.05, 0.1) is 12.6 Å². The van der Waals surface area contributed by atoms with Gasteiger partial charge in [0, 0.05) is 6.42 Å². The van der Waals surface area contributed by atoms with Crippen LogP contribution in [0.4, 0.5) is 0 Å². The molecule has 92 valence electrons. The Balaban J connectivity index is 1.98. The molecule has 0 aromatic carbocycles. The van der Waals surface area contributed by atoms with Gasteiger partial charge in [-0.05, 0) is 31.4 Å². The third kappa shape index (κ3) is 3.00. The third-order valence-electron chi connectivity index (χ3n) is 3.83. The van der Waals surface area contributed by atoms with Gasteiger partial charge in [0.1, 0.15) is 5.76 Å². The molecule has 2 heteroatoms. The minimum Gasteiger partial charge on any atom is -0.496 e. The highest BCUT2D eigenvalue weighted by molar-refractivity contribution is 5.09. The Labute approximate surface area is 99.4 Å². The molecule has 1 saturated carbocycles. The van der Waals surface area contributed by atoms with E-state index in [-0.39, 0.29) is 0 Å². The quantitative estimate of drug-likeness (QED) is 0.739. The van der Waals surface area contributed by atoms with Crippen molar-refractivity contribution in [2.45, 2.75) is 57.9 Å². The smallest absolute Gasteiger partial charge is 0.109 e. The van der Waals surface area contributed by atoms with E-state index in [2.05, 4.69) is 18.3 Å². The number of hydrogen-bond acceptors (Lipinski definition) is 2. The Morgan fingerprint density at radius 2 is 2.06 bits per heavy atom. The third-order valence-corrected chi connectivity index (χ3v) is 3.83. The number of hydrogen-bond donors (Lipinski definition) is 1. The molecule has 0 aromatic heterocycles. The van der Waals surface area contributed by atoms with Gasteiger partial charge in [0.25, 0.3) is 0 Å². The Bertz CT molecular complexity index is 229. The van der Waals surface area contributed by atoms with Gasteiger partial charge in [-0.1, -0.05) is 32.6 Å². The van der Waals surface area contributed by atoms with Gasteiger partial charge in [-0.15, -0.1) is 0 Å². The SMILES string of the molecule is CCNC(C1=CCCO1)C1CCCCCC1. The summed E-state index contributed by atoms with van der Waals surface area (Å²) in [4.78, 5) is 0. The van der Waals surface area contributed by atoms with Crippen LogP contribution in [0, 0.1) is 5.92 Å². The summed E-state index contributed by atoms with van der Waals surface area (Å²) in [5, 5.41) is 3.63. The molecule has 0 radical (unpaired) electrons. The lowest BCUT2D eigenvalue weighted by atomic mass is 9.90. The minimum atomic E-state index is 0.491. The van der Waals surface area contributed by atoms with Crippen LogP contribution in [-0.2, 0) is 4.74 Å². The van der Waals surface area contributed by atoms with E-state index in [0.29, 0.717) is 6.04 Å². The maximum absolute atomic E-state index is 5.76. The zero-order valence-electron chi connectivity index (χ0n) is 10.5. The van der Waals surface area contributed by atoms with Crippen LogP contribution < -0.4 is 5.32 Å². The fraction of sp³-hybridized carbons (Fsp3) is 0.857. The first-order valence-electron chi connectivity index (χ1n) is 6.98. The second-order valence-corrected chi connectivity index (χ2v) is 5.03. The van der Waals surface area contributed by atoms with Crippen LogP contribution in [0.15, 0.2) is 11.8 Å². The maximum atomic E-state index is 5.76. The molecule has 0 saturated heterocycles. The van der Waals surface area contributed by atoms with Crippen LogP contribution >= 0.6 is 0 Å². The molecule has 2 aliphatic rings. The maximum Gasteiger partial charge on any atom is 0.109 e. The fourth-order valence-corrected chi connectivity index (χ4v) is 3.02. The molecular weight excluding hydrogens is 198 g/mol. The average molecular weight is 223 g/mol. The standard InChI is InChI=1S/C14H25NO/c1-2-15-14(13-10-7-11-16-13)12-8-5-3-4-6-9-12/h10,12,14-15H,2-9,11H2,1H3. The first-order chi connectivity index (χ1) is 7.92. The van der Waals surface area contributed by atoms with Gasteiger partial charge >= 0.3 is 0 Å². The highest BCUT2D eigenvalue weighted by Gasteiger charge is 2.27. The zero-order valence-corrected chi connectivity index (χ0v) is 10.5. The number of ether oxygens (including phenoxy) is 1. The molecule has 1 aliphatic heterocycles. The largest absolute Gasteiger partial charge is 0.496 e. The van der Waals surface area contributed by atoms with Crippen molar-refractivity contribution in [2.24, 2.45) is 5.92 Å². The molecule has 1 fully saturated rings. The highest BCUT2D eigenvalue weighted by Crippen LogP contribution is 2.30. The predicted molar refractivity (Wildman–Crippen MR) is 67.3 cm³/mol. The number of rotatable bonds is 4. The summed E-state index contributed by atoms with van der Waals surface area (Å²) in [5.74, 6) is 2.03. The first-order valence-corrected chi connectivity index (χ1v) is 6.98. The molecule has 0 amide bonds. The van der Waals surface area contributed by atoms with Crippen LogP contribution in [0.25, 0.3) is 0 Å². The molecule has 2 nitrogen and oxygen atoms in total. The van der Waals surface area contributed by atoms with Crippen LogP contribution in [-0.4, -0.2) is 19.2 Å². The molecule has 1 heterocycles. The monoisotopic (exact) mass is 223 g/mol. The van der Waals surface area contributed by atoms with Crippen molar-refractivity contribution < 1.29 is 4.74 Å². The summed E-state index contributed by atoms with van der Waals surface area (Å²) in [6.45, 7) is 4.13. The van der Waals surface area contributed by atoms with Crippen LogP contribution in [0.1, 0.15) is 51.9 Å². The molecule has 0 aromatic rings. The molecule has 1 unspecified atom stereocenters. The Morgan fingerprint density at radius 3 is 2.62 bits per heavy atom. The molecular formula is C14H25NO. The molecule has 1 N–H and O–H groups in total. The van der Waals surface area contributed by atoms with Crippen molar-refractivity contribution >= 4 is 0 Å². The van der Waals surface area contributed by atoms with Gasteiger partial charge in [-0.25, -0.2) is 0 Å². The van der Waals surface area contributed by atoms with E-state index in [1.807, 2.05) is 0 Å². The van der Waals surface area contributed by atoms with Gasteiger partial charge in [0.15, 0.2) is 0 Å². The summed E-state index contributed by atoms with van der Waals surface area (Å²) < 4.78 is 5.76. The van der Waals surface area contributed by atoms with Gasteiger partial charge in [-0.3, -0.25) is 0 Å². The molecule has 0 bridgehead atoms. The van der Waals surface area contributed by atoms with Crippen LogP contribution in [0.5, 0.6) is 0 Å². The Hall–Kier alpha value is -0.500. The minimum absolute atomic E-state index is 0.491. The molecule has 0 spiro atoms. The van der Waals surface area contributed by atoms with E-state index in [9.17, 15) is 0 Å². The van der Waals surface area contributed by atoms with Gasteiger partial charge < -0.3 is 10.1 Å². The summed E-state index contributed by atoms with van der Waals surface area (Å²) in [5.41, 5.74) is 0. The normalized spacial score (nSPS) is 24.7. The average Bonchev–Trinajstić information content (AvgIpc) is 2.69. The van der Waals surface area contributed by atoms with E-state index < -0.39 is 0 Å². The second-order valence-electron chi connectivity index (χ2n) is 5.03. The van der Waals surface area contributed by atoms with E-state index in [4.69, 9.17) is 4.74 Å². The van der Waals surface area contributed by atoms with Crippen molar-refractivity contribution in [3.63, 3.8) is 0 Å². The lowest BCUT2D eigenvalue weighted by Gasteiger charge is -2.27. The van der Waals surface area contributed by atoms with Crippen LogP contribution in [0.2, 0.25) is 0 Å². The number of nitrogens with one attached hydrogen (secondary N) is 1. The highest BCUT2D eigenvalue weighted by atomic mass is 16.5. The molecule has 1 aliphatic carbocycles. The lowest BCUT2D eigenvalue weighted by Crippen LogP contribution is -2.38. The topological polar surface area (TPSA) is 21.3 Å². The van der Waals surface area contributed by atoms with Crippen LogP contribution in [0.3, 0.4) is 0 Å². The first kappa shape index (κ1) is 12.0. The molecule has 2 rings (SSSR count). The van der Waals surface area contributed by atoms with Crippen molar-refractivity contribution in [1.29, 1.82) is 0 Å². The zero-order chi connectivity index (χ0) is 11.2. The lowest BCUT2D eigenvalue weighted by molar-refractivity contribution is 0.187. The van der Waals surface area contributed by atoms with Crippen molar-refractivity contribution in [3.05, 3.63) is 11.8 Å². The Kier molecular flexibility index (Phi) is 4.70. The summed E-state index contributed by atoms with van der Waals surface area (Å²) in [6, 6.07) is 0.491. The molecule has 1 atom stereocenters. The second kappa shape index (κ2) is 6.29. The summed E-state index contributed by atoms with van der Waals surface area (Å²) in [6.07, 6.45) is 11.8. The predicted octanol–water partition coefficient (Wildman–Crippen LogP) is 3.24. The van der Waals surface area contributed by atoms with E-state index in [0.717, 1.165) is 25.5 Å². The fourth-order valence-electron chi connectivity index (χ4n) is 3.02. The van der Waals surface area contributed by atoms with Gasteiger partial charge in [0.2, 0.25) is 0 Å². The van der Waals surface area contributed by atoms with Crippen molar-refractivity contribution in [3.8, 4) is 0 Å². The van der Waals surface area contributed by atoms with Crippen molar-refractivity contribution in [2.75, 3.05) is 13.2 Å². The number of likely N-dealkylation sites (N-methyl/N-ethyl adjacent to an activating group) is 1. The van der Waals surface area contributed by atoms with E-state index in [1.54, 1.807) is 0 Å². The van der Waals surface area contributed by atoms with E-state index >= 15 is 0 Å².